The molecule has 0 amide bonds. The molecule has 0 radical (unpaired) electrons. The Morgan fingerprint density at radius 2 is 0.767 bits per heavy atom. The Labute approximate surface area is 186 Å². The molecule has 0 saturated carbocycles. The summed E-state index contributed by atoms with van der Waals surface area (Å²) in [5, 5.41) is 1.41. The van der Waals surface area contributed by atoms with E-state index >= 15 is 0 Å². The average molecular weight is 435 g/mol. The lowest BCUT2D eigenvalue weighted by atomic mass is 10.0. The highest BCUT2D eigenvalue weighted by atomic mass is 35.5. The predicted octanol–water partition coefficient (Wildman–Crippen LogP) is 7.82. The molecule has 2 nitrogen and oxygen atoms in total. The van der Waals surface area contributed by atoms with Gasteiger partial charge in [0.15, 0.2) is 0 Å². The van der Waals surface area contributed by atoms with Crippen LogP contribution in [0.5, 0.6) is 11.5 Å². The Morgan fingerprint density at radius 1 is 0.433 bits per heavy atom. The van der Waals surface area contributed by atoms with Crippen LogP contribution in [0.1, 0.15) is 11.1 Å². The van der Waals surface area contributed by atoms with E-state index in [0.29, 0.717) is 23.3 Å². The van der Waals surface area contributed by atoms with E-state index in [9.17, 15) is 0 Å². The number of benzene rings is 4. The van der Waals surface area contributed by atoms with Crippen molar-refractivity contribution in [3.8, 4) is 22.6 Å². The SMILES string of the molecule is Clc1ccc(OCc2ccc(-c3ccc(COc4ccc(Cl)cc4)cc3)cc2)cc1. The molecule has 150 valence electrons. The lowest BCUT2D eigenvalue weighted by Gasteiger charge is -2.09. The van der Waals surface area contributed by atoms with Gasteiger partial charge in [-0.05, 0) is 70.8 Å². The van der Waals surface area contributed by atoms with Crippen LogP contribution in [0.15, 0.2) is 97.1 Å². The summed E-state index contributed by atoms with van der Waals surface area (Å²) < 4.78 is 11.6. The van der Waals surface area contributed by atoms with E-state index in [4.69, 9.17) is 32.7 Å². The van der Waals surface area contributed by atoms with Gasteiger partial charge in [-0.2, -0.15) is 0 Å². The minimum Gasteiger partial charge on any atom is -0.489 e. The molecule has 4 rings (SSSR count). The molecule has 0 heterocycles. The van der Waals surface area contributed by atoms with Crippen LogP contribution in [0.2, 0.25) is 10.0 Å². The predicted molar refractivity (Wildman–Crippen MR) is 123 cm³/mol. The van der Waals surface area contributed by atoms with Gasteiger partial charge in [-0.15, -0.1) is 0 Å². The molecule has 4 heteroatoms. The maximum atomic E-state index is 5.90. The van der Waals surface area contributed by atoms with Gasteiger partial charge in [-0.1, -0.05) is 71.7 Å². The second-order valence-electron chi connectivity index (χ2n) is 6.88. The summed E-state index contributed by atoms with van der Waals surface area (Å²) in [6.07, 6.45) is 0. The molecule has 0 atom stereocenters. The van der Waals surface area contributed by atoms with Gasteiger partial charge < -0.3 is 9.47 Å². The zero-order valence-electron chi connectivity index (χ0n) is 16.2. The average Bonchev–Trinajstić information content (AvgIpc) is 2.79. The molecule has 30 heavy (non-hydrogen) atoms. The third-order valence-corrected chi connectivity index (χ3v) is 5.18. The topological polar surface area (TPSA) is 18.5 Å². The van der Waals surface area contributed by atoms with Crippen LogP contribution < -0.4 is 9.47 Å². The number of halogens is 2. The second kappa shape index (κ2) is 9.71. The van der Waals surface area contributed by atoms with Crippen molar-refractivity contribution in [3.05, 3.63) is 118 Å². The van der Waals surface area contributed by atoms with E-state index in [1.807, 2.05) is 48.5 Å². The van der Waals surface area contributed by atoms with Crippen LogP contribution in [-0.2, 0) is 13.2 Å². The number of ether oxygens (including phenoxy) is 2. The van der Waals surface area contributed by atoms with Crippen molar-refractivity contribution in [1.82, 2.24) is 0 Å². The largest absolute Gasteiger partial charge is 0.489 e. The van der Waals surface area contributed by atoms with Gasteiger partial charge in [0.05, 0.1) is 0 Å². The molecule has 0 spiro atoms. The molecule has 0 unspecified atom stereocenters. The third-order valence-electron chi connectivity index (χ3n) is 4.68. The molecule has 0 saturated heterocycles. The summed E-state index contributed by atoms with van der Waals surface area (Å²) in [4.78, 5) is 0. The van der Waals surface area contributed by atoms with E-state index in [1.54, 1.807) is 0 Å². The molecule has 0 bridgehead atoms. The van der Waals surface area contributed by atoms with E-state index in [0.717, 1.165) is 33.8 Å². The first kappa shape index (κ1) is 20.3. The highest BCUT2D eigenvalue weighted by Gasteiger charge is 2.02. The number of hydrogen-bond donors (Lipinski definition) is 0. The molecule has 0 fully saturated rings. The van der Waals surface area contributed by atoms with Crippen molar-refractivity contribution in [1.29, 1.82) is 0 Å². The lowest BCUT2D eigenvalue weighted by Crippen LogP contribution is -1.96. The maximum Gasteiger partial charge on any atom is 0.119 e. The second-order valence-corrected chi connectivity index (χ2v) is 7.75. The Kier molecular flexibility index (Phi) is 6.58. The molecular weight excluding hydrogens is 415 g/mol. The fraction of sp³-hybridized carbons (Fsp3) is 0.0769. The molecular formula is C26H20Cl2O2. The smallest absolute Gasteiger partial charge is 0.119 e. The zero-order chi connectivity index (χ0) is 20.8. The molecule has 0 aliphatic rings. The first-order valence-corrected chi connectivity index (χ1v) is 10.4. The van der Waals surface area contributed by atoms with Gasteiger partial charge in [-0.25, -0.2) is 0 Å². The van der Waals surface area contributed by atoms with Gasteiger partial charge in [-0.3, -0.25) is 0 Å². The van der Waals surface area contributed by atoms with Crippen LogP contribution in [-0.4, -0.2) is 0 Å². The summed E-state index contributed by atoms with van der Waals surface area (Å²) >= 11 is 11.8. The quantitative estimate of drug-likeness (QED) is 0.295. The molecule has 0 aromatic heterocycles. The van der Waals surface area contributed by atoms with Gasteiger partial charge in [0.1, 0.15) is 24.7 Å². The van der Waals surface area contributed by atoms with Gasteiger partial charge in [0.2, 0.25) is 0 Å². The molecule has 0 N–H and O–H groups in total. The Morgan fingerprint density at radius 3 is 1.10 bits per heavy atom. The summed E-state index contributed by atoms with van der Waals surface area (Å²) in [7, 11) is 0. The Balaban J connectivity index is 1.33. The van der Waals surface area contributed by atoms with E-state index in [2.05, 4.69) is 48.5 Å². The van der Waals surface area contributed by atoms with Gasteiger partial charge in [0.25, 0.3) is 0 Å². The molecule has 0 aliphatic heterocycles. The first-order chi connectivity index (χ1) is 14.7. The first-order valence-electron chi connectivity index (χ1n) is 9.61. The highest BCUT2D eigenvalue weighted by molar-refractivity contribution is 6.30. The Bertz CT molecular complexity index is 981. The van der Waals surface area contributed by atoms with E-state index in [1.165, 1.54) is 0 Å². The van der Waals surface area contributed by atoms with Crippen molar-refractivity contribution in [3.63, 3.8) is 0 Å². The minimum atomic E-state index is 0.517. The van der Waals surface area contributed by atoms with Gasteiger partial charge in [0, 0.05) is 10.0 Å². The van der Waals surface area contributed by atoms with Crippen LogP contribution in [0.3, 0.4) is 0 Å². The van der Waals surface area contributed by atoms with Crippen LogP contribution in [0.25, 0.3) is 11.1 Å². The van der Waals surface area contributed by atoms with Gasteiger partial charge >= 0.3 is 0 Å². The van der Waals surface area contributed by atoms with Crippen molar-refractivity contribution >= 4 is 23.2 Å². The molecule has 4 aromatic rings. The van der Waals surface area contributed by atoms with Crippen molar-refractivity contribution in [2.45, 2.75) is 13.2 Å². The van der Waals surface area contributed by atoms with E-state index < -0.39 is 0 Å². The normalized spacial score (nSPS) is 10.6. The van der Waals surface area contributed by atoms with Crippen molar-refractivity contribution in [2.75, 3.05) is 0 Å². The maximum absolute atomic E-state index is 5.90. The summed E-state index contributed by atoms with van der Waals surface area (Å²) in [5.74, 6) is 1.61. The number of hydrogen-bond acceptors (Lipinski definition) is 2. The standard InChI is InChI=1S/C26H20Cl2O2/c27-23-9-13-25(14-10-23)29-17-19-1-5-21(6-2-19)22-7-3-20(4-8-22)18-30-26-15-11-24(28)12-16-26/h1-16H,17-18H2. The van der Waals surface area contributed by atoms with E-state index in [-0.39, 0.29) is 0 Å². The zero-order valence-corrected chi connectivity index (χ0v) is 17.7. The summed E-state index contributed by atoms with van der Waals surface area (Å²) in [6.45, 7) is 1.03. The fourth-order valence-corrected chi connectivity index (χ4v) is 3.23. The van der Waals surface area contributed by atoms with Crippen LogP contribution in [0, 0.1) is 0 Å². The summed E-state index contributed by atoms with van der Waals surface area (Å²) in [6, 6.07) is 31.6. The van der Waals surface area contributed by atoms with Crippen molar-refractivity contribution < 1.29 is 9.47 Å². The van der Waals surface area contributed by atoms with Crippen molar-refractivity contribution in [2.24, 2.45) is 0 Å². The Hall–Kier alpha value is -2.94. The molecule has 4 aromatic carbocycles. The van der Waals surface area contributed by atoms with Crippen LogP contribution in [0.4, 0.5) is 0 Å². The molecule has 0 aliphatic carbocycles. The third kappa shape index (κ3) is 5.56. The minimum absolute atomic E-state index is 0.517. The fourth-order valence-electron chi connectivity index (χ4n) is 2.98. The lowest BCUT2D eigenvalue weighted by molar-refractivity contribution is 0.306. The monoisotopic (exact) mass is 434 g/mol. The highest BCUT2D eigenvalue weighted by Crippen LogP contribution is 2.23. The van der Waals surface area contributed by atoms with Crippen LogP contribution >= 0.6 is 23.2 Å². The summed E-state index contributed by atoms with van der Waals surface area (Å²) in [5.41, 5.74) is 4.55. The number of rotatable bonds is 7.